The van der Waals surface area contributed by atoms with Crippen LogP contribution in [0.15, 0.2) is 24.3 Å². The van der Waals surface area contributed by atoms with Gasteiger partial charge in [0.2, 0.25) is 0 Å². The van der Waals surface area contributed by atoms with E-state index in [2.05, 4.69) is 56.8 Å². The van der Waals surface area contributed by atoms with Gasteiger partial charge in [-0.15, -0.1) is 0 Å². The van der Waals surface area contributed by atoms with Crippen LogP contribution in [-0.4, -0.2) is 49.4 Å². The molecule has 0 spiro atoms. The second-order valence-corrected chi connectivity index (χ2v) is 8.18. The molecule has 0 aromatic heterocycles. The van der Waals surface area contributed by atoms with Gasteiger partial charge in [-0.05, 0) is 68.9 Å². The molecule has 3 nitrogen and oxygen atoms in total. The van der Waals surface area contributed by atoms with Gasteiger partial charge >= 0.3 is 0 Å². The number of carbonyl (C=O) groups excluding carboxylic acids is 1. The van der Waals surface area contributed by atoms with Crippen molar-refractivity contribution in [2.75, 3.05) is 33.7 Å². The summed E-state index contributed by atoms with van der Waals surface area (Å²) in [6, 6.07) is 8.18. The van der Waals surface area contributed by atoms with Crippen LogP contribution >= 0.6 is 0 Å². The van der Waals surface area contributed by atoms with Crippen LogP contribution in [0, 0.1) is 5.92 Å². The highest BCUT2D eigenvalue weighted by atomic mass is 16.2. The molecule has 1 aromatic carbocycles. The Bertz CT molecular complexity index is 513. The molecule has 1 fully saturated rings. The van der Waals surface area contributed by atoms with E-state index in [-0.39, 0.29) is 11.3 Å². The van der Waals surface area contributed by atoms with Crippen molar-refractivity contribution in [1.29, 1.82) is 0 Å². The number of nitrogens with zero attached hydrogens (tertiary/aromatic N) is 2. The lowest BCUT2D eigenvalue weighted by molar-refractivity contribution is 0.0663. The molecule has 1 unspecified atom stereocenters. The molecule has 1 atom stereocenters. The summed E-state index contributed by atoms with van der Waals surface area (Å²) in [7, 11) is 4.23. The van der Waals surface area contributed by atoms with Gasteiger partial charge in [-0.1, -0.05) is 32.9 Å². The van der Waals surface area contributed by atoms with Gasteiger partial charge in [0, 0.05) is 18.7 Å². The fourth-order valence-corrected chi connectivity index (χ4v) is 3.22. The second kappa shape index (κ2) is 7.48. The minimum atomic E-state index is 0.129. The van der Waals surface area contributed by atoms with E-state index in [4.69, 9.17) is 0 Å². The Morgan fingerprint density at radius 1 is 1.22 bits per heavy atom. The first-order chi connectivity index (χ1) is 10.8. The predicted molar refractivity (Wildman–Crippen MR) is 96.9 cm³/mol. The fourth-order valence-electron chi connectivity index (χ4n) is 3.22. The molecule has 1 heterocycles. The van der Waals surface area contributed by atoms with Crippen LogP contribution in [0.4, 0.5) is 0 Å². The Hall–Kier alpha value is -1.35. The van der Waals surface area contributed by atoms with Gasteiger partial charge < -0.3 is 9.80 Å². The molecule has 1 amide bonds. The second-order valence-electron chi connectivity index (χ2n) is 8.18. The number of rotatable bonds is 4. The first-order valence-corrected chi connectivity index (χ1v) is 8.82. The summed E-state index contributed by atoms with van der Waals surface area (Å²) in [6.07, 6.45) is 3.56. The lowest BCUT2D eigenvalue weighted by Gasteiger charge is -2.33. The average Bonchev–Trinajstić information content (AvgIpc) is 2.52. The maximum Gasteiger partial charge on any atom is 0.253 e. The van der Waals surface area contributed by atoms with Crippen molar-refractivity contribution in [2.24, 2.45) is 5.92 Å². The quantitative estimate of drug-likeness (QED) is 0.844. The zero-order valence-electron chi connectivity index (χ0n) is 15.4. The number of benzene rings is 1. The Labute approximate surface area is 141 Å². The molecule has 128 valence electrons. The number of hydrogen-bond donors (Lipinski definition) is 0. The molecule has 1 saturated heterocycles. The smallest absolute Gasteiger partial charge is 0.253 e. The maximum absolute atomic E-state index is 12.8. The third kappa shape index (κ3) is 5.07. The van der Waals surface area contributed by atoms with Crippen LogP contribution < -0.4 is 0 Å². The van der Waals surface area contributed by atoms with Gasteiger partial charge in [0.1, 0.15) is 0 Å². The van der Waals surface area contributed by atoms with Crippen molar-refractivity contribution in [3.63, 3.8) is 0 Å². The predicted octanol–water partition coefficient (Wildman–Crippen LogP) is 3.79. The van der Waals surface area contributed by atoms with Crippen LogP contribution in [0.25, 0.3) is 0 Å². The van der Waals surface area contributed by atoms with Gasteiger partial charge in [-0.2, -0.15) is 0 Å². The molecule has 1 aliphatic rings. The molecule has 0 aliphatic carbocycles. The number of amides is 1. The molecule has 0 radical (unpaired) electrons. The van der Waals surface area contributed by atoms with Crippen LogP contribution in [0.1, 0.15) is 56.0 Å². The summed E-state index contributed by atoms with van der Waals surface area (Å²) in [5, 5.41) is 0. The molecule has 1 aliphatic heterocycles. The van der Waals surface area contributed by atoms with Gasteiger partial charge in [-0.3, -0.25) is 4.79 Å². The summed E-state index contributed by atoms with van der Waals surface area (Å²) in [6.45, 7) is 9.51. The zero-order chi connectivity index (χ0) is 17.0. The standard InChI is InChI=1S/C20H32N2O/c1-20(2,3)18-10-8-17(9-11-18)19(23)22-13-6-7-16(15-22)12-14-21(4)5/h8-11,16H,6-7,12-15H2,1-5H3. The van der Waals surface area contributed by atoms with E-state index in [9.17, 15) is 4.79 Å². The van der Waals surface area contributed by atoms with Crippen molar-refractivity contribution < 1.29 is 4.79 Å². The van der Waals surface area contributed by atoms with Crippen LogP contribution in [0.3, 0.4) is 0 Å². The number of piperidine rings is 1. The highest BCUT2D eigenvalue weighted by molar-refractivity contribution is 5.94. The fraction of sp³-hybridized carbons (Fsp3) is 0.650. The van der Waals surface area contributed by atoms with Crippen molar-refractivity contribution in [1.82, 2.24) is 9.80 Å². The number of hydrogen-bond acceptors (Lipinski definition) is 2. The lowest BCUT2D eigenvalue weighted by atomic mass is 9.86. The number of likely N-dealkylation sites (tertiary alicyclic amines) is 1. The molecule has 1 aromatic rings. The van der Waals surface area contributed by atoms with Crippen molar-refractivity contribution in [2.45, 2.75) is 45.4 Å². The average molecular weight is 316 g/mol. The zero-order valence-corrected chi connectivity index (χ0v) is 15.4. The van der Waals surface area contributed by atoms with Crippen LogP contribution in [0.2, 0.25) is 0 Å². The van der Waals surface area contributed by atoms with Gasteiger partial charge in [0.25, 0.3) is 5.91 Å². The third-order valence-corrected chi connectivity index (χ3v) is 4.79. The minimum absolute atomic E-state index is 0.129. The molecular formula is C20H32N2O. The monoisotopic (exact) mass is 316 g/mol. The van der Waals surface area contributed by atoms with Crippen LogP contribution in [0.5, 0.6) is 0 Å². The molecule has 0 bridgehead atoms. The lowest BCUT2D eigenvalue weighted by Crippen LogP contribution is -2.40. The van der Waals surface area contributed by atoms with E-state index in [0.29, 0.717) is 5.92 Å². The van der Waals surface area contributed by atoms with E-state index in [1.54, 1.807) is 0 Å². The normalized spacial score (nSPS) is 19.2. The van der Waals surface area contributed by atoms with Gasteiger partial charge in [-0.25, -0.2) is 0 Å². The Morgan fingerprint density at radius 3 is 2.43 bits per heavy atom. The largest absolute Gasteiger partial charge is 0.338 e. The first kappa shape index (κ1) is 18.0. The van der Waals surface area contributed by atoms with E-state index < -0.39 is 0 Å². The summed E-state index contributed by atoms with van der Waals surface area (Å²) in [5.74, 6) is 0.837. The molecular weight excluding hydrogens is 284 g/mol. The van der Waals surface area contributed by atoms with Gasteiger partial charge in [0.15, 0.2) is 0 Å². The van der Waals surface area contributed by atoms with Crippen LogP contribution in [-0.2, 0) is 5.41 Å². The maximum atomic E-state index is 12.8. The van der Waals surface area contributed by atoms with Crippen molar-refractivity contribution in [3.05, 3.63) is 35.4 Å². The van der Waals surface area contributed by atoms with E-state index in [1.165, 1.54) is 18.4 Å². The molecule has 0 N–H and O–H groups in total. The Morgan fingerprint density at radius 2 is 1.87 bits per heavy atom. The first-order valence-electron chi connectivity index (χ1n) is 8.82. The highest BCUT2D eigenvalue weighted by Gasteiger charge is 2.24. The van der Waals surface area contributed by atoms with Crippen molar-refractivity contribution >= 4 is 5.91 Å². The Balaban J connectivity index is 1.99. The molecule has 0 saturated carbocycles. The molecule has 23 heavy (non-hydrogen) atoms. The molecule has 3 heteroatoms. The Kier molecular flexibility index (Phi) is 5.85. The summed E-state index contributed by atoms with van der Waals surface area (Å²) < 4.78 is 0. The minimum Gasteiger partial charge on any atom is -0.338 e. The van der Waals surface area contributed by atoms with Gasteiger partial charge in [0.05, 0.1) is 0 Å². The third-order valence-electron chi connectivity index (χ3n) is 4.79. The molecule has 2 rings (SSSR count). The van der Waals surface area contributed by atoms with E-state index in [0.717, 1.165) is 31.6 Å². The topological polar surface area (TPSA) is 23.6 Å². The number of carbonyl (C=O) groups is 1. The van der Waals surface area contributed by atoms with Crippen molar-refractivity contribution in [3.8, 4) is 0 Å². The summed E-state index contributed by atoms with van der Waals surface area (Å²) >= 11 is 0. The summed E-state index contributed by atoms with van der Waals surface area (Å²) in [4.78, 5) is 17.0. The SMILES string of the molecule is CN(C)CCC1CCCN(C(=O)c2ccc(C(C)(C)C)cc2)C1. The van der Waals surface area contributed by atoms with E-state index >= 15 is 0 Å². The van der Waals surface area contributed by atoms with E-state index in [1.807, 2.05) is 12.1 Å². The summed E-state index contributed by atoms with van der Waals surface area (Å²) in [5.41, 5.74) is 2.23. The highest BCUT2D eigenvalue weighted by Crippen LogP contribution is 2.24.